The molecule has 0 amide bonds. The standard InChI is InChI=1S/C16H16FNO2/c1-10-4-3-5-13(8-10)18-15(16(19)20)14-9-12(17)7-6-11(14)2/h3-9,15,18H,1-2H3,(H,19,20). The normalized spacial score (nSPS) is 11.9. The summed E-state index contributed by atoms with van der Waals surface area (Å²) in [6.45, 7) is 3.69. The molecule has 0 aromatic heterocycles. The summed E-state index contributed by atoms with van der Waals surface area (Å²) in [6, 6.07) is 10.6. The highest BCUT2D eigenvalue weighted by Crippen LogP contribution is 2.24. The third-order valence-corrected chi connectivity index (χ3v) is 3.13. The van der Waals surface area contributed by atoms with Crippen molar-refractivity contribution >= 4 is 11.7 Å². The smallest absolute Gasteiger partial charge is 0.330 e. The largest absolute Gasteiger partial charge is 0.479 e. The SMILES string of the molecule is Cc1cccc(NC(C(=O)O)c2cc(F)ccc2C)c1. The highest BCUT2D eigenvalue weighted by atomic mass is 19.1. The van der Waals surface area contributed by atoms with Crippen LogP contribution in [0.3, 0.4) is 0 Å². The van der Waals surface area contributed by atoms with Crippen LogP contribution in [-0.4, -0.2) is 11.1 Å². The van der Waals surface area contributed by atoms with E-state index in [0.717, 1.165) is 11.1 Å². The van der Waals surface area contributed by atoms with Gasteiger partial charge in [0.2, 0.25) is 0 Å². The maximum Gasteiger partial charge on any atom is 0.330 e. The Bertz CT molecular complexity index is 640. The number of nitrogens with one attached hydrogen (secondary N) is 1. The van der Waals surface area contributed by atoms with Crippen LogP contribution in [0.15, 0.2) is 42.5 Å². The van der Waals surface area contributed by atoms with Crippen molar-refractivity contribution in [3.05, 3.63) is 65.0 Å². The molecule has 0 fully saturated rings. The topological polar surface area (TPSA) is 49.3 Å². The molecule has 20 heavy (non-hydrogen) atoms. The monoisotopic (exact) mass is 273 g/mol. The van der Waals surface area contributed by atoms with E-state index in [0.29, 0.717) is 11.3 Å². The third kappa shape index (κ3) is 3.15. The number of benzene rings is 2. The van der Waals surface area contributed by atoms with Crippen LogP contribution < -0.4 is 5.32 Å². The summed E-state index contributed by atoms with van der Waals surface area (Å²) in [5.41, 5.74) is 2.88. The molecule has 0 aliphatic rings. The second-order valence-corrected chi connectivity index (χ2v) is 4.79. The zero-order valence-electron chi connectivity index (χ0n) is 11.4. The fraction of sp³-hybridized carbons (Fsp3) is 0.188. The van der Waals surface area contributed by atoms with Gasteiger partial charge < -0.3 is 10.4 Å². The summed E-state index contributed by atoms with van der Waals surface area (Å²) in [7, 11) is 0. The first-order valence-corrected chi connectivity index (χ1v) is 6.29. The van der Waals surface area contributed by atoms with E-state index in [1.165, 1.54) is 12.1 Å². The van der Waals surface area contributed by atoms with Gasteiger partial charge >= 0.3 is 5.97 Å². The summed E-state index contributed by atoms with van der Waals surface area (Å²) in [5, 5.41) is 12.3. The van der Waals surface area contributed by atoms with Crippen molar-refractivity contribution in [2.45, 2.75) is 19.9 Å². The Morgan fingerprint density at radius 1 is 1.20 bits per heavy atom. The number of carboxylic acid groups (broad SMARTS) is 1. The molecule has 0 radical (unpaired) electrons. The second-order valence-electron chi connectivity index (χ2n) is 4.79. The first kappa shape index (κ1) is 14.1. The van der Waals surface area contributed by atoms with Gasteiger partial charge in [-0.05, 0) is 54.8 Å². The number of anilines is 1. The first-order chi connectivity index (χ1) is 9.47. The molecular formula is C16H16FNO2. The molecule has 2 aromatic carbocycles. The van der Waals surface area contributed by atoms with E-state index in [4.69, 9.17) is 0 Å². The molecule has 2 aromatic rings. The maximum absolute atomic E-state index is 13.4. The Kier molecular flexibility index (Phi) is 4.03. The van der Waals surface area contributed by atoms with Gasteiger partial charge in [-0.25, -0.2) is 9.18 Å². The lowest BCUT2D eigenvalue weighted by atomic mass is 10.0. The van der Waals surface area contributed by atoms with Gasteiger partial charge in [-0.15, -0.1) is 0 Å². The number of rotatable bonds is 4. The lowest BCUT2D eigenvalue weighted by Gasteiger charge is -2.18. The van der Waals surface area contributed by atoms with Crippen LogP contribution in [-0.2, 0) is 4.79 Å². The molecule has 0 aliphatic heterocycles. The van der Waals surface area contributed by atoms with Gasteiger partial charge in [-0.2, -0.15) is 0 Å². The molecule has 0 aliphatic carbocycles. The molecule has 1 atom stereocenters. The van der Waals surface area contributed by atoms with Crippen LogP contribution in [0.2, 0.25) is 0 Å². The Labute approximate surface area is 117 Å². The van der Waals surface area contributed by atoms with Crippen LogP contribution in [0.1, 0.15) is 22.7 Å². The van der Waals surface area contributed by atoms with Crippen molar-refractivity contribution in [2.75, 3.05) is 5.32 Å². The summed E-state index contributed by atoms with van der Waals surface area (Å²) in [6.07, 6.45) is 0. The molecule has 1 unspecified atom stereocenters. The number of hydrogen-bond donors (Lipinski definition) is 2. The molecule has 0 saturated heterocycles. The minimum atomic E-state index is -1.04. The number of aliphatic carboxylic acids is 1. The zero-order valence-corrected chi connectivity index (χ0v) is 11.4. The summed E-state index contributed by atoms with van der Waals surface area (Å²) in [5.74, 6) is -1.48. The van der Waals surface area contributed by atoms with E-state index in [2.05, 4.69) is 5.32 Å². The van der Waals surface area contributed by atoms with E-state index >= 15 is 0 Å². The van der Waals surface area contributed by atoms with Gasteiger partial charge in [0.05, 0.1) is 0 Å². The first-order valence-electron chi connectivity index (χ1n) is 6.29. The van der Waals surface area contributed by atoms with E-state index in [9.17, 15) is 14.3 Å². The quantitative estimate of drug-likeness (QED) is 0.893. The molecule has 0 spiro atoms. The maximum atomic E-state index is 13.4. The highest BCUT2D eigenvalue weighted by molar-refractivity contribution is 5.79. The van der Waals surface area contributed by atoms with E-state index in [-0.39, 0.29) is 0 Å². The molecule has 3 nitrogen and oxygen atoms in total. The zero-order chi connectivity index (χ0) is 14.7. The Hall–Kier alpha value is -2.36. The van der Waals surface area contributed by atoms with Gasteiger partial charge in [-0.1, -0.05) is 18.2 Å². The lowest BCUT2D eigenvalue weighted by Crippen LogP contribution is -2.21. The van der Waals surface area contributed by atoms with Crippen LogP contribution in [0.5, 0.6) is 0 Å². The molecule has 0 heterocycles. The van der Waals surface area contributed by atoms with Gasteiger partial charge in [-0.3, -0.25) is 0 Å². The van der Waals surface area contributed by atoms with Crippen molar-refractivity contribution in [1.82, 2.24) is 0 Å². The summed E-state index contributed by atoms with van der Waals surface area (Å²) in [4.78, 5) is 11.5. The fourth-order valence-electron chi connectivity index (χ4n) is 2.10. The summed E-state index contributed by atoms with van der Waals surface area (Å²) < 4.78 is 13.4. The Morgan fingerprint density at radius 2 is 1.95 bits per heavy atom. The van der Waals surface area contributed by atoms with Crippen LogP contribution >= 0.6 is 0 Å². The number of halogens is 1. The van der Waals surface area contributed by atoms with Gasteiger partial charge in [0.15, 0.2) is 6.04 Å². The minimum Gasteiger partial charge on any atom is -0.479 e. The third-order valence-electron chi connectivity index (χ3n) is 3.13. The van der Waals surface area contributed by atoms with Crippen LogP contribution in [0.25, 0.3) is 0 Å². The summed E-state index contributed by atoms with van der Waals surface area (Å²) >= 11 is 0. The molecule has 2 N–H and O–H groups in total. The van der Waals surface area contributed by atoms with E-state index < -0.39 is 17.8 Å². The number of carbonyl (C=O) groups is 1. The Morgan fingerprint density at radius 3 is 2.60 bits per heavy atom. The highest BCUT2D eigenvalue weighted by Gasteiger charge is 2.22. The second kappa shape index (κ2) is 5.74. The van der Waals surface area contributed by atoms with Crippen molar-refractivity contribution in [2.24, 2.45) is 0 Å². The molecule has 4 heteroatoms. The van der Waals surface area contributed by atoms with Gasteiger partial charge in [0, 0.05) is 5.69 Å². The fourth-order valence-corrected chi connectivity index (χ4v) is 2.10. The minimum absolute atomic E-state index is 0.430. The van der Waals surface area contributed by atoms with E-state index in [1.807, 2.05) is 25.1 Å². The average molecular weight is 273 g/mol. The molecule has 2 rings (SSSR count). The predicted octanol–water partition coefficient (Wildman–Crippen LogP) is 3.68. The molecule has 0 saturated carbocycles. The van der Waals surface area contributed by atoms with E-state index in [1.54, 1.807) is 19.1 Å². The Balaban J connectivity index is 2.37. The number of aryl methyl sites for hydroxylation is 2. The molecule has 0 bridgehead atoms. The molecule has 104 valence electrons. The molecular weight excluding hydrogens is 257 g/mol. The van der Waals surface area contributed by atoms with Crippen molar-refractivity contribution in [3.8, 4) is 0 Å². The number of carboxylic acids is 1. The van der Waals surface area contributed by atoms with Crippen molar-refractivity contribution in [3.63, 3.8) is 0 Å². The van der Waals surface area contributed by atoms with Crippen LogP contribution in [0.4, 0.5) is 10.1 Å². The lowest BCUT2D eigenvalue weighted by molar-refractivity contribution is -0.138. The van der Waals surface area contributed by atoms with Gasteiger partial charge in [0.1, 0.15) is 5.82 Å². The number of hydrogen-bond acceptors (Lipinski definition) is 2. The average Bonchev–Trinajstić information content (AvgIpc) is 2.39. The predicted molar refractivity (Wildman–Crippen MR) is 76.3 cm³/mol. The van der Waals surface area contributed by atoms with Crippen molar-refractivity contribution in [1.29, 1.82) is 0 Å². The van der Waals surface area contributed by atoms with Gasteiger partial charge in [0.25, 0.3) is 0 Å². The van der Waals surface area contributed by atoms with Crippen molar-refractivity contribution < 1.29 is 14.3 Å². The van der Waals surface area contributed by atoms with Crippen LogP contribution in [0, 0.1) is 19.7 Å².